The highest BCUT2D eigenvalue weighted by Gasteiger charge is 2.37. The van der Waals surface area contributed by atoms with Gasteiger partial charge in [-0.15, -0.1) is 0 Å². The molecule has 6 aromatic rings. The molecule has 0 spiro atoms. The fourth-order valence-electron chi connectivity index (χ4n) is 8.02. The van der Waals surface area contributed by atoms with Crippen LogP contribution in [-0.4, -0.2) is 6.04 Å². The fraction of sp³-hybridized carbons (Fsp3) is 0.111. The van der Waals surface area contributed by atoms with Crippen LogP contribution in [0.2, 0.25) is 0 Å². The molecule has 1 atom stereocenters. The molecule has 0 amide bonds. The van der Waals surface area contributed by atoms with Gasteiger partial charge in [0.1, 0.15) is 0 Å². The van der Waals surface area contributed by atoms with Gasteiger partial charge < -0.3 is 9.80 Å². The van der Waals surface area contributed by atoms with E-state index in [0.29, 0.717) is 6.04 Å². The second-order valence-electron chi connectivity index (χ2n) is 13.4. The summed E-state index contributed by atoms with van der Waals surface area (Å²) >= 11 is 0. The van der Waals surface area contributed by atoms with Gasteiger partial charge in [0.05, 0.1) is 11.7 Å². The molecular weight excluding hydrogens is 569 g/mol. The Morgan fingerprint density at radius 3 is 1.98 bits per heavy atom. The molecule has 2 nitrogen and oxygen atoms in total. The number of nitrogens with zero attached hydrogens (tertiary/aromatic N) is 2. The summed E-state index contributed by atoms with van der Waals surface area (Å²) in [5.41, 5.74) is 16.5. The fourth-order valence-corrected chi connectivity index (χ4v) is 8.02. The Hall–Kier alpha value is -5.60. The Labute approximate surface area is 277 Å². The minimum absolute atomic E-state index is 0.0814. The zero-order chi connectivity index (χ0) is 31.5. The number of benzene rings is 6. The van der Waals surface area contributed by atoms with Gasteiger partial charge >= 0.3 is 0 Å². The van der Waals surface area contributed by atoms with Crippen molar-refractivity contribution in [3.63, 3.8) is 0 Å². The predicted molar refractivity (Wildman–Crippen MR) is 198 cm³/mol. The summed E-state index contributed by atoms with van der Waals surface area (Å²) in [5, 5.41) is 0. The molecule has 2 aliphatic carbocycles. The number of anilines is 5. The SMILES string of the molecule is CC1(C)c2ccccc2-c2ccc(N(c3ccc(-c4ccccc4)cc3)c3ccc4c(c3)N(c3ccccc3)C3CC=CC=C43)cc21. The van der Waals surface area contributed by atoms with E-state index < -0.39 is 0 Å². The van der Waals surface area contributed by atoms with E-state index in [4.69, 9.17) is 0 Å². The molecule has 3 aliphatic rings. The molecule has 0 fully saturated rings. The Bertz CT molecular complexity index is 2190. The lowest BCUT2D eigenvalue weighted by Crippen LogP contribution is -2.27. The largest absolute Gasteiger partial charge is 0.333 e. The molecule has 0 aromatic heterocycles. The minimum Gasteiger partial charge on any atom is -0.333 e. The van der Waals surface area contributed by atoms with Gasteiger partial charge in [0.15, 0.2) is 0 Å². The van der Waals surface area contributed by atoms with Gasteiger partial charge in [0.2, 0.25) is 0 Å². The van der Waals surface area contributed by atoms with Crippen LogP contribution in [0.5, 0.6) is 0 Å². The van der Waals surface area contributed by atoms with Crippen molar-refractivity contribution < 1.29 is 0 Å². The van der Waals surface area contributed by atoms with Gasteiger partial charge in [-0.25, -0.2) is 0 Å². The Morgan fingerprint density at radius 1 is 0.574 bits per heavy atom. The standard InChI is InChI=1S/C45H36N2/c1-45(2)41-19-11-9-17-37(41)38-27-25-35(29-42(38)45)46(34-23-21-32(22-24-34)31-13-5-3-6-14-31)36-26-28-40-39-18-10-12-20-43(39)47(44(40)30-36)33-15-7-4-8-16-33/h3-19,21-30,43H,20H2,1-2H3. The van der Waals surface area contributed by atoms with Crippen molar-refractivity contribution in [3.05, 3.63) is 181 Å². The van der Waals surface area contributed by atoms with Crippen LogP contribution in [0.1, 0.15) is 37.0 Å². The summed E-state index contributed by atoms with van der Waals surface area (Å²) in [6.45, 7) is 4.72. The first-order valence-electron chi connectivity index (χ1n) is 16.6. The zero-order valence-electron chi connectivity index (χ0n) is 26.8. The van der Waals surface area contributed by atoms with E-state index in [1.54, 1.807) is 0 Å². The van der Waals surface area contributed by atoms with Crippen LogP contribution < -0.4 is 9.80 Å². The molecule has 0 N–H and O–H groups in total. The Kier molecular flexibility index (Phi) is 6.33. The van der Waals surface area contributed by atoms with E-state index >= 15 is 0 Å². The molecule has 0 saturated heterocycles. The van der Waals surface area contributed by atoms with Gasteiger partial charge in [-0.2, -0.15) is 0 Å². The van der Waals surface area contributed by atoms with Gasteiger partial charge in [0.25, 0.3) is 0 Å². The van der Waals surface area contributed by atoms with Crippen LogP contribution in [0.3, 0.4) is 0 Å². The maximum absolute atomic E-state index is 2.54. The van der Waals surface area contributed by atoms with E-state index in [0.717, 1.165) is 17.8 Å². The smallest absolute Gasteiger partial charge is 0.0632 e. The van der Waals surface area contributed by atoms with Crippen LogP contribution in [0.4, 0.5) is 28.4 Å². The lowest BCUT2D eigenvalue weighted by molar-refractivity contribution is 0.660. The summed E-state index contributed by atoms with van der Waals surface area (Å²) < 4.78 is 0. The average molecular weight is 605 g/mol. The molecule has 226 valence electrons. The molecule has 1 aliphatic heterocycles. The second kappa shape index (κ2) is 10.7. The molecule has 0 radical (unpaired) electrons. The molecule has 1 heterocycles. The molecule has 0 saturated carbocycles. The Morgan fingerprint density at radius 2 is 1.19 bits per heavy atom. The van der Waals surface area contributed by atoms with Crippen molar-refractivity contribution >= 4 is 34.0 Å². The van der Waals surface area contributed by atoms with Crippen LogP contribution in [0.15, 0.2) is 164 Å². The third-order valence-corrected chi connectivity index (χ3v) is 10.3. The summed E-state index contributed by atoms with van der Waals surface area (Å²) in [7, 11) is 0. The van der Waals surface area contributed by atoms with Crippen molar-refractivity contribution in [3.8, 4) is 22.3 Å². The molecule has 1 unspecified atom stereocenters. The Balaban J connectivity index is 1.21. The average Bonchev–Trinajstić information content (AvgIpc) is 3.58. The molecule has 0 bridgehead atoms. The van der Waals surface area contributed by atoms with Crippen LogP contribution >= 0.6 is 0 Å². The van der Waals surface area contributed by atoms with Crippen molar-refractivity contribution in [1.82, 2.24) is 0 Å². The number of fused-ring (bicyclic) bond motifs is 6. The van der Waals surface area contributed by atoms with Crippen molar-refractivity contribution in [2.45, 2.75) is 31.7 Å². The van der Waals surface area contributed by atoms with E-state index in [1.165, 1.54) is 61.6 Å². The highest BCUT2D eigenvalue weighted by Crippen LogP contribution is 2.52. The van der Waals surface area contributed by atoms with Crippen LogP contribution in [-0.2, 0) is 5.41 Å². The summed E-state index contributed by atoms with van der Waals surface area (Å²) in [6, 6.07) is 53.8. The quantitative estimate of drug-likeness (QED) is 0.193. The van der Waals surface area contributed by atoms with Gasteiger partial charge in [-0.3, -0.25) is 0 Å². The monoisotopic (exact) mass is 604 g/mol. The maximum Gasteiger partial charge on any atom is 0.0632 e. The van der Waals surface area contributed by atoms with Crippen LogP contribution in [0, 0.1) is 0 Å². The van der Waals surface area contributed by atoms with E-state index in [2.05, 4.69) is 187 Å². The topological polar surface area (TPSA) is 6.48 Å². The van der Waals surface area contributed by atoms with E-state index in [-0.39, 0.29) is 5.41 Å². The predicted octanol–water partition coefficient (Wildman–Crippen LogP) is 12.0. The molecule has 9 rings (SSSR count). The molecule has 47 heavy (non-hydrogen) atoms. The molecule has 6 aromatic carbocycles. The number of rotatable bonds is 5. The lowest BCUT2D eigenvalue weighted by Gasteiger charge is -2.30. The molecule has 2 heteroatoms. The van der Waals surface area contributed by atoms with Gasteiger partial charge in [-0.1, -0.05) is 129 Å². The van der Waals surface area contributed by atoms with Crippen LogP contribution in [0.25, 0.3) is 27.8 Å². The number of hydrogen-bond acceptors (Lipinski definition) is 2. The highest BCUT2D eigenvalue weighted by molar-refractivity contribution is 5.96. The first-order chi connectivity index (χ1) is 23.1. The van der Waals surface area contributed by atoms with Gasteiger partial charge in [0, 0.05) is 33.7 Å². The number of hydrogen-bond donors (Lipinski definition) is 0. The third-order valence-electron chi connectivity index (χ3n) is 10.3. The summed E-state index contributed by atoms with van der Waals surface area (Å²) in [6.07, 6.45) is 7.80. The normalized spacial score (nSPS) is 16.6. The maximum atomic E-state index is 2.54. The first-order valence-corrected chi connectivity index (χ1v) is 16.6. The van der Waals surface area contributed by atoms with Crippen molar-refractivity contribution in [2.24, 2.45) is 0 Å². The first kappa shape index (κ1) is 27.7. The summed E-state index contributed by atoms with van der Waals surface area (Å²) in [4.78, 5) is 4.97. The second-order valence-corrected chi connectivity index (χ2v) is 13.4. The van der Waals surface area contributed by atoms with E-state index in [1.807, 2.05) is 0 Å². The zero-order valence-corrected chi connectivity index (χ0v) is 26.8. The number of para-hydroxylation sites is 1. The minimum atomic E-state index is -0.0814. The third kappa shape index (κ3) is 4.40. The van der Waals surface area contributed by atoms with E-state index in [9.17, 15) is 0 Å². The van der Waals surface area contributed by atoms with Gasteiger partial charge in [-0.05, 0) is 93.9 Å². The van der Waals surface area contributed by atoms with Crippen molar-refractivity contribution in [1.29, 1.82) is 0 Å². The number of allylic oxidation sites excluding steroid dienone is 2. The van der Waals surface area contributed by atoms with Crippen molar-refractivity contribution in [2.75, 3.05) is 9.80 Å². The molecular formula is C45H36N2. The summed E-state index contributed by atoms with van der Waals surface area (Å²) in [5.74, 6) is 0. The highest BCUT2D eigenvalue weighted by atomic mass is 15.2. The lowest BCUT2D eigenvalue weighted by atomic mass is 9.82.